The van der Waals surface area contributed by atoms with E-state index in [1.54, 1.807) is 20.0 Å². The molecule has 0 saturated heterocycles. The minimum absolute atomic E-state index is 0.815. The molecule has 0 aliphatic heterocycles. The van der Waals surface area contributed by atoms with Gasteiger partial charge in [0.1, 0.15) is 4.75 Å². The molecular weight excluding hydrogens is 390 g/mol. The second kappa shape index (κ2) is 11.4. The summed E-state index contributed by atoms with van der Waals surface area (Å²) in [5, 5.41) is 11.3. The van der Waals surface area contributed by atoms with Gasteiger partial charge in [-0.25, -0.2) is 4.98 Å². The number of thiazole rings is 1. The summed E-state index contributed by atoms with van der Waals surface area (Å²) in [6, 6.07) is 4.09. The van der Waals surface area contributed by atoms with E-state index in [1.165, 1.54) is 55.2 Å². The number of pyridine rings is 1. The quantitative estimate of drug-likeness (QED) is 0.340. The smallest absolute Gasteiger partial charge is 0.319 e. The number of carboxylic acid groups (broad SMARTS) is 1. The van der Waals surface area contributed by atoms with Crippen LogP contribution in [0.25, 0.3) is 0 Å². The van der Waals surface area contributed by atoms with Crippen molar-refractivity contribution in [1.29, 1.82) is 0 Å². The molecule has 1 N–H and O–H groups in total. The molecule has 0 aromatic carbocycles. The Morgan fingerprint density at radius 1 is 1.25 bits per heavy atom. The molecule has 154 valence electrons. The van der Waals surface area contributed by atoms with Crippen molar-refractivity contribution in [2.45, 2.75) is 68.4 Å². The van der Waals surface area contributed by atoms with Crippen molar-refractivity contribution in [1.82, 2.24) is 9.97 Å². The summed E-state index contributed by atoms with van der Waals surface area (Å²) in [6.45, 7) is 7.57. The van der Waals surface area contributed by atoms with E-state index in [0.717, 1.165) is 35.2 Å². The molecule has 0 spiro atoms. The van der Waals surface area contributed by atoms with E-state index < -0.39 is 10.7 Å². The Bertz CT molecular complexity index is 719. The second-order valence-corrected chi connectivity index (χ2v) is 10.1. The van der Waals surface area contributed by atoms with E-state index in [9.17, 15) is 9.90 Å². The summed E-state index contributed by atoms with van der Waals surface area (Å²) in [4.78, 5) is 22.6. The fourth-order valence-electron chi connectivity index (χ4n) is 2.78. The largest absolute Gasteiger partial charge is 0.480 e. The maximum atomic E-state index is 11.3. The molecule has 2 aromatic rings. The first kappa shape index (κ1) is 22.7. The van der Waals surface area contributed by atoms with Gasteiger partial charge in [0.25, 0.3) is 0 Å². The zero-order chi connectivity index (χ0) is 20.4. The number of hydrogen-bond donors (Lipinski definition) is 1. The van der Waals surface area contributed by atoms with Crippen molar-refractivity contribution >= 4 is 34.8 Å². The van der Waals surface area contributed by atoms with Gasteiger partial charge in [-0.3, -0.25) is 9.78 Å². The van der Waals surface area contributed by atoms with Gasteiger partial charge in [-0.15, -0.1) is 11.3 Å². The summed E-state index contributed by atoms with van der Waals surface area (Å²) < 4.78 is -0.0510. The summed E-state index contributed by atoms with van der Waals surface area (Å²) in [6.07, 6.45) is 10.9. The molecule has 28 heavy (non-hydrogen) atoms. The third kappa shape index (κ3) is 7.43. The van der Waals surface area contributed by atoms with E-state index in [4.69, 9.17) is 0 Å². The average Bonchev–Trinajstić information content (AvgIpc) is 3.11. The summed E-state index contributed by atoms with van der Waals surface area (Å²) in [5.41, 5.74) is 2.17. The van der Waals surface area contributed by atoms with Crippen molar-refractivity contribution in [2.75, 3.05) is 18.0 Å². The number of rotatable bonds is 13. The maximum absolute atomic E-state index is 11.3. The molecule has 2 rings (SSSR count). The number of carboxylic acids is 1. The monoisotopic (exact) mass is 421 g/mol. The van der Waals surface area contributed by atoms with Crippen LogP contribution in [0.5, 0.6) is 0 Å². The molecule has 0 aliphatic rings. The van der Waals surface area contributed by atoms with Gasteiger partial charge in [0.15, 0.2) is 4.34 Å². The number of aromatic nitrogens is 2. The lowest BCUT2D eigenvalue weighted by Gasteiger charge is -2.24. The fraction of sp³-hybridized carbons (Fsp3) is 0.571. The van der Waals surface area contributed by atoms with Gasteiger partial charge in [0.2, 0.25) is 0 Å². The van der Waals surface area contributed by atoms with Gasteiger partial charge < -0.3 is 10.0 Å². The Morgan fingerprint density at radius 3 is 2.71 bits per heavy atom. The number of aliphatic carboxylic acids is 1. The fourth-order valence-corrected chi connectivity index (χ4v) is 5.00. The molecule has 0 radical (unpaired) electrons. The van der Waals surface area contributed by atoms with Crippen LogP contribution in [0.15, 0.2) is 34.2 Å². The minimum atomic E-state index is -0.866. The van der Waals surface area contributed by atoms with Crippen LogP contribution in [0, 0.1) is 0 Å². The molecule has 0 fully saturated rings. The van der Waals surface area contributed by atoms with Gasteiger partial charge in [-0.1, -0.05) is 44.4 Å². The number of nitrogens with zero attached hydrogens (tertiary/aromatic N) is 3. The molecule has 0 bridgehead atoms. The standard InChI is InChI=1S/C21H31N3O2S2/c1-4-5-6-7-8-13-24(18-10-9-12-22-15-18)14-11-17-16-27-20(23-17)28-21(2,3)19(25)26/h9-10,12,15-16H,4-8,11,13-14H2,1-3H3,(H,25,26). The molecule has 5 nitrogen and oxygen atoms in total. The molecule has 2 aromatic heterocycles. The first-order chi connectivity index (χ1) is 13.4. The zero-order valence-corrected chi connectivity index (χ0v) is 18.7. The molecule has 7 heteroatoms. The Hall–Kier alpha value is -1.60. The summed E-state index contributed by atoms with van der Waals surface area (Å²) in [7, 11) is 0. The third-order valence-electron chi connectivity index (χ3n) is 4.57. The topological polar surface area (TPSA) is 66.3 Å². The summed E-state index contributed by atoms with van der Waals surface area (Å²) in [5.74, 6) is -0.819. The van der Waals surface area contributed by atoms with Crippen LogP contribution in [-0.4, -0.2) is 38.9 Å². The minimum Gasteiger partial charge on any atom is -0.480 e. The summed E-state index contributed by atoms with van der Waals surface area (Å²) >= 11 is 2.84. The van der Waals surface area contributed by atoms with Crippen LogP contribution < -0.4 is 4.90 Å². The lowest BCUT2D eigenvalue weighted by Crippen LogP contribution is -2.27. The molecule has 0 unspecified atom stereocenters. The number of carbonyl (C=O) groups is 1. The zero-order valence-electron chi connectivity index (χ0n) is 17.1. The van der Waals surface area contributed by atoms with Crippen molar-refractivity contribution in [2.24, 2.45) is 0 Å². The normalized spacial score (nSPS) is 11.5. The third-order valence-corrected chi connectivity index (χ3v) is 6.74. The first-order valence-electron chi connectivity index (χ1n) is 9.94. The van der Waals surface area contributed by atoms with Gasteiger partial charge in [0, 0.05) is 31.1 Å². The Kier molecular flexibility index (Phi) is 9.25. The molecule has 2 heterocycles. The predicted molar refractivity (Wildman–Crippen MR) is 119 cm³/mol. The number of anilines is 1. The molecule has 0 amide bonds. The highest BCUT2D eigenvalue weighted by molar-refractivity contribution is 8.02. The Labute approximate surface area is 176 Å². The second-order valence-electron chi connectivity index (χ2n) is 7.38. The van der Waals surface area contributed by atoms with Gasteiger partial charge >= 0.3 is 5.97 Å². The van der Waals surface area contributed by atoms with Gasteiger partial charge in [0.05, 0.1) is 17.6 Å². The number of hydrogen-bond acceptors (Lipinski definition) is 6. The van der Waals surface area contributed by atoms with Crippen LogP contribution in [0.3, 0.4) is 0 Å². The van der Waals surface area contributed by atoms with Crippen molar-refractivity contribution in [3.05, 3.63) is 35.6 Å². The van der Waals surface area contributed by atoms with Crippen molar-refractivity contribution in [3.8, 4) is 0 Å². The lowest BCUT2D eigenvalue weighted by atomic mass is 10.1. The van der Waals surface area contributed by atoms with Crippen LogP contribution in [-0.2, 0) is 11.2 Å². The molecule has 0 saturated carbocycles. The average molecular weight is 422 g/mol. The highest BCUT2D eigenvalue weighted by Gasteiger charge is 2.29. The predicted octanol–water partition coefficient (Wildman–Crippen LogP) is 5.51. The van der Waals surface area contributed by atoms with E-state index >= 15 is 0 Å². The van der Waals surface area contributed by atoms with E-state index in [0.29, 0.717) is 0 Å². The van der Waals surface area contributed by atoms with Crippen LogP contribution >= 0.6 is 23.1 Å². The molecular formula is C21H31N3O2S2. The first-order valence-corrected chi connectivity index (χ1v) is 11.6. The molecule has 0 atom stereocenters. The lowest BCUT2D eigenvalue weighted by molar-refractivity contribution is -0.138. The number of thioether (sulfide) groups is 1. The van der Waals surface area contributed by atoms with Gasteiger partial charge in [-0.05, 0) is 32.4 Å². The Balaban J connectivity index is 1.92. The van der Waals surface area contributed by atoms with Crippen molar-refractivity contribution in [3.63, 3.8) is 0 Å². The van der Waals surface area contributed by atoms with E-state index in [2.05, 4.69) is 27.9 Å². The van der Waals surface area contributed by atoms with E-state index in [-0.39, 0.29) is 0 Å². The van der Waals surface area contributed by atoms with E-state index in [1.807, 2.05) is 17.6 Å². The number of unbranched alkanes of at least 4 members (excludes halogenated alkanes) is 4. The van der Waals surface area contributed by atoms with Crippen LogP contribution in [0.1, 0.15) is 58.6 Å². The van der Waals surface area contributed by atoms with Crippen LogP contribution in [0.4, 0.5) is 5.69 Å². The van der Waals surface area contributed by atoms with Crippen molar-refractivity contribution < 1.29 is 9.90 Å². The molecule has 0 aliphatic carbocycles. The van der Waals surface area contributed by atoms with Crippen LogP contribution in [0.2, 0.25) is 0 Å². The Morgan fingerprint density at radius 2 is 2.04 bits per heavy atom. The van der Waals surface area contributed by atoms with Gasteiger partial charge in [-0.2, -0.15) is 0 Å². The highest BCUT2D eigenvalue weighted by atomic mass is 32.2. The SMILES string of the molecule is CCCCCCCN(CCc1csc(SC(C)(C)C(=O)O)n1)c1cccnc1. The highest BCUT2D eigenvalue weighted by Crippen LogP contribution is 2.34. The maximum Gasteiger partial charge on any atom is 0.319 e.